The number of guanidine groups is 1. The van der Waals surface area contributed by atoms with Crippen molar-refractivity contribution in [3.63, 3.8) is 0 Å². The second-order valence-electron chi connectivity index (χ2n) is 6.24. The molecule has 0 bridgehead atoms. The molecule has 0 spiro atoms. The maximum atomic E-state index is 12.9. The number of aliphatic imine (C=N–C) groups is 1. The Morgan fingerprint density at radius 1 is 1.25 bits per heavy atom. The van der Waals surface area contributed by atoms with Crippen LogP contribution in [0.15, 0.2) is 46.0 Å². The summed E-state index contributed by atoms with van der Waals surface area (Å²) in [6, 6.07) is 8.54. The van der Waals surface area contributed by atoms with Crippen molar-refractivity contribution in [3.05, 3.63) is 48.0 Å². The van der Waals surface area contributed by atoms with Crippen molar-refractivity contribution in [1.82, 2.24) is 25.8 Å². The maximum absolute atomic E-state index is 12.9. The molecule has 0 saturated heterocycles. The van der Waals surface area contributed by atoms with E-state index in [4.69, 9.17) is 9.15 Å². The Morgan fingerprint density at radius 2 is 2.09 bits per heavy atom. The number of H-pyrrole nitrogens is 1. The Bertz CT molecular complexity index is 982. The first-order valence-corrected chi connectivity index (χ1v) is 9.69. The fourth-order valence-electron chi connectivity index (χ4n) is 2.81. The van der Waals surface area contributed by atoms with Gasteiger partial charge in [-0.25, -0.2) is 4.98 Å². The van der Waals surface area contributed by atoms with Gasteiger partial charge in [-0.05, 0) is 25.1 Å². The number of ether oxygens (including phenoxy) is 2. The van der Waals surface area contributed by atoms with Crippen molar-refractivity contribution in [2.75, 3.05) is 20.2 Å². The number of alkyl halides is 2. The number of furan rings is 1. The lowest BCUT2D eigenvalue weighted by atomic mass is 10.2. The van der Waals surface area contributed by atoms with E-state index in [9.17, 15) is 8.78 Å². The van der Waals surface area contributed by atoms with Crippen molar-refractivity contribution < 1.29 is 22.7 Å². The quantitative estimate of drug-likeness (QED) is 0.197. The van der Waals surface area contributed by atoms with E-state index >= 15 is 0 Å². The van der Waals surface area contributed by atoms with Crippen LogP contribution in [0.1, 0.15) is 18.3 Å². The molecule has 0 aliphatic carbocycles. The van der Waals surface area contributed by atoms with Crippen LogP contribution in [0.3, 0.4) is 0 Å². The van der Waals surface area contributed by atoms with E-state index in [1.165, 1.54) is 0 Å². The number of aromatic amines is 1. The first-order valence-electron chi connectivity index (χ1n) is 9.69. The summed E-state index contributed by atoms with van der Waals surface area (Å²) in [5.41, 5.74) is 0.521. The molecule has 3 rings (SSSR count). The van der Waals surface area contributed by atoms with Crippen LogP contribution in [0.5, 0.6) is 11.5 Å². The lowest BCUT2D eigenvalue weighted by Gasteiger charge is -2.17. The summed E-state index contributed by atoms with van der Waals surface area (Å²) in [6.07, 6.45) is 2.12. The molecule has 32 heavy (non-hydrogen) atoms. The number of para-hydroxylation sites is 1. The predicted octanol–water partition coefficient (Wildman–Crippen LogP) is 3.59. The number of benzene rings is 1. The molecule has 0 atom stereocenters. The molecule has 12 heteroatoms. The number of rotatable bonds is 10. The third kappa shape index (κ3) is 7.07. The van der Waals surface area contributed by atoms with Crippen molar-refractivity contribution in [2.45, 2.75) is 26.5 Å². The Morgan fingerprint density at radius 3 is 2.78 bits per heavy atom. The minimum absolute atomic E-state index is 0. The van der Waals surface area contributed by atoms with E-state index < -0.39 is 6.61 Å². The van der Waals surface area contributed by atoms with Crippen LogP contribution in [0.25, 0.3) is 11.6 Å². The fourth-order valence-corrected chi connectivity index (χ4v) is 2.81. The Labute approximate surface area is 201 Å². The van der Waals surface area contributed by atoms with Crippen molar-refractivity contribution in [2.24, 2.45) is 4.99 Å². The van der Waals surface area contributed by atoms with Crippen molar-refractivity contribution >= 4 is 29.9 Å². The molecule has 3 N–H and O–H groups in total. The smallest absolute Gasteiger partial charge is 0.387 e. The van der Waals surface area contributed by atoms with Gasteiger partial charge >= 0.3 is 6.61 Å². The van der Waals surface area contributed by atoms with Gasteiger partial charge in [-0.2, -0.15) is 13.9 Å². The SMILES string of the molecule is CCOc1cccc(CNC(=NC)NCCc2nc(-c3ccco3)n[nH]2)c1OC(F)F.I. The topological polar surface area (TPSA) is 110 Å². The van der Waals surface area contributed by atoms with Crippen LogP contribution < -0.4 is 20.1 Å². The molecular weight excluding hydrogens is 537 g/mol. The van der Waals surface area contributed by atoms with E-state index in [1.807, 2.05) is 0 Å². The average molecular weight is 562 g/mol. The molecule has 3 aromatic rings. The van der Waals surface area contributed by atoms with Gasteiger partial charge in [0.15, 0.2) is 23.2 Å². The number of hydrogen-bond donors (Lipinski definition) is 3. The van der Waals surface area contributed by atoms with Gasteiger partial charge in [-0.1, -0.05) is 12.1 Å². The monoisotopic (exact) mass is 562 g/mol. The number of hydrogen-bond acceptors (Lipinski definition) is 6. The van der Waals surface area contributed by atoms with Crippen molar-refractivity contribution in [1.29, 1.82) is 0 Å². The second kappa shape index (κ2) is 12.8. The largest absolute Gasteiger partial charge is 0.490 e. The lowest BCUT2D eigenvalue weighted by molar-refractivity contribution is -0.0520. The fraction of sp³-hybridized carbons (Fsp3) is 0.350. The van der Waals surface area contributed by atoms with Crippen LogP contribution in [-0.4, -0.2) is 48.0 Å². The van der Waals surface area contributed by atoms with E-state index in [0.29, 0.717) is 48.5 Å². The summed E-state index contributed by atoms with van der Waals surface area (Å²) in [5, 5.41) is 13.2. The molecule has 2 heterocycles. The molecular formula is C20H25F2IN6O3. The van der Waals surface area contributed by atoms with Gasteiger partial charge in [-0.15, -0.1) is 24.0 Å². The highest BCUT2D eigenvalue weighted by Crippen LogP contribution is 2.32. The Balaban J connectivity index is 0.00000363. The summed E-state index contributed by atoms with van der Waals surface area (Å²) in [4.78, 5) is 8.52. The number of nitrogens with one attached hydrogen (secondary N) is 3. The third-order valence-corrected chi connectivity index (χ3v) is 4.16. The van der Waals surface area contributed by atoms with Gasteiger partial charge in [0.25, 0.3) is 0 Å². The van der Waals surface area contributed by atoms with Gasteiger partial charge < -0.3 is 24.5 Å². The highest BCUT2D eigenvalue weighted by Gasteiger charge is 2.16. The minimum Gasteiger partial charge on any atom is -0.490 e. The zero-order chi connectivity index (χ0) is 22.1. The van der Waals surface area contributed by atoms with Crippen LogP contribution in [0.2, 0.25) is 0 Å². The summed E-state index contributed by atoms with van der Waals surface area (Å²) < 4.78 is 41.1. The van der Waals surface area contributed by atoms with Gasteiger partial charge in [0, 0.05) is 32.1 Å². The van der Waals surface area contributed by atoms with Gasteiger partial charge in [-0.3, -0.25) is 10.1 Å². The van der Waals surface area contributed by atoms with E-state index in [-0.39, 0.29) is 42.0 Å². The molecule has 0 radical (unpaired) electrons. The lowest BCUT2D eigenvalue weighted by Crippen LogP contribution is -2.38. The van der Waals surface area contributed by atoms with E-state index in [2.05, 4.69) is 35.5 Å². The third-order valence-electron chi connectivity index (χ3n) is 4.16. The number of aromatic nitrogens is 3. The summed E-state index contributed by atoms with van der Waals surface area (Å²) >= 11 is 0. The predicted molar refractivity (Wildman–Crippen MR) is 126 cm³/mol. The molecule has 0 amide bonds. The summed E-state index contributed by atoms with van der Waals surface area (Å²) in [6.45, 7) is -0.108. The van der Waals surface area contributed by atoms with Crippen LogP contribution in [0, 0.1) is 0 Å². The summed E-state index contributed by atoms with van der Waals surface area (Å²) in [7, 11) is 1.62. The molecule has 0 saturated carbocycles. The molecule has 1 aromatic carbocycles. The maximum Gasteiger partial charge on any atom is 0.387 e. The van der Waals surface area contributed by atoms with E-state index in [1.54, 1.807) is 50.6 Å². The molecule has 0 aliphatic heterocycles. The van der Waals surface area contributed by atoms with E-state index in [0.717, 1.165) is 0 Å². The highest BCUT2D eigenvalue weighted by atomic mass is 127. The molecule has 9 nitrogen and oxygen atoms in total. The Kier molecular flexibility index (Phi) is 10.2. The Hall–Kier alpha value is -2.90. The van der Waals surface area contributed by atoms with Crippen LogP contribution in [-0.2, 0) is 13.0 Å². The van der Waals surface area contributed by atoms with Crippen LogP contribution >= 0.6 is 24.0 Å². The number of halogens is 3. The second-order valence-corrected chi connectivity index (χ2v) is 6.24. The highest BCUT2D eigenvalue weighted by molar-refractivity contribution is 14.0. The zero-order valence-electron chi connectivity index (χ0n) is 17.6. The van der Waals surface area contributed by atoms with Gasteiger partial charge in [0.1, 0.15) is 5.82 Å². The van der Waals surface area contributed by atoms with Gasteiger partial charge in [0.05, 0.1) is 12.9 Å². The first kappa shape index (κ1) is 25.4. The molecule has 2 aromatic heterocycles. The molecule has 0 aliphatic rings. The average Bonchev–Trinajstić information content (AvgIpc) is 3.44. The minimum atomic E-state index is -2.95. The molecule has 0 unspecified atom stereocenters. The number of nitrogens with zero attached hydrogens (tertiary/aromatic N) is 3. The van der Waals surface area contributed by atoms with Gasteiger partial charge in [0.2, 0.25) is 5.82 Å². The van der Waals surface area contributed by atoms with Crippen LogP contribution in [0.4, 0.5) is 8.78 Å². The standard InChI is InChI=1S/C20H24F2N6O3.HI/c1-3-29-14-7-4-6-13(17(14)31-19(21)22)12-25-20(23-2)24-10-9-16-26-18(28-27-16)15-8-5-11-30-15;/h4-8,11,19H,3,9-10,12H2,1-2H3,(H2,23,24,25)(H,26,27,28);1H. The summed E-state index contributed by atoms with van der Waals surface area (Å²) in [5.74, 6) is 2.53. The normalized spacial score (nSPS) is 11.2. The first-order chi connectivity index (χ1) is 15.1. The van der Waals surface area contributed by atoms with Crippen molar-refractivity contribution in [3.8, 4) is 23.1 Å². The molecule has 174 valence electrons. The zero-order valence-corrected chi connectivity index (χ0v) is 19.9. The molecule has 0 fully saturated rings.